The molecule has 2 aromatic carbocycles. The highest BCUT2D eigenvalue weighted by Crippen LogP contribution is 2.19. The van der Waals surface area contributed by atoms with Crippen molar-refractivity contribution in [1.29, 1.82) is 0 Å². The van der Waals surface area contributed by atoms with Gasteiger partial charge in [-0.15, -0.1) is 5.10 Å². The number of hydrogen-bond donors (Lipinski definition) is 1. The van der Waals surface area contributed by atoms with Crippen molar-refractivity contribution in [2.75, 3.05) is 11.6 Å². The molecule has 26 heavy (non-hydrogen) atoms. The smallest absolute Gasteiger partial charge is 0.278 e. The van der Waals surface area contributed by atoms with Crippen LogP contribution in [0, 0.1) is 12.7 Å². The number of nitrogens with one attached hydrogen (secondary N) is 1. The molecule has 0 aliphatic heterocycles. The Bertz CT molecular complexity index is 1020. The molecule has 3 aromatic rings. The number of benzene rings is 2. The molecule has 0 aliphatic rings. The molecule has 3 rings (SSSR count). The second-order valence-corrected chi connectivity index (χ2v) is 7.24. The largest absolute Gasteiger partial charge is 0.320 e. The van der Waals surface area contributed by atoms with E-state index in [2.05, 4.69) is 15.5 Å². The predicted molar refractivity (Wildman–Crippen MR) is 97.8 cm³/mol. The summed E-state index contributed by atoms with van der Waals surface area (Å²) in [7, 11) is -1.45. The minimum Gasteiger partial charge on any atom is -0.320 e. The molecule has 134 valence electrons. The van der Waals surface area contributed by atoms with Gasteiger partial charge in [0.15, 0.2) is 5.69 Å². The Morgan fingerprint density at radius 3 is 2.65 bits per heavy atom. The standard InChI is InChI=1S/C17H14ClFN4O2S/c1-10-16(22-23(21-10)13-5-3-4-11(18)8-13)17(24)20-12-6-7-15(26(2)25)14(19)9-12/h3-9H,1-2H3,(H,20,24). The van der Waals surface area contributed by atoms with Gasteiger partial charge in [0.1, 0.15) is 5.82 Å². The number of hydrogen-bond acceptors (Lipinski definition) is 4. The maximum absolute atomic E-state index is 13.9. The summed E-state index contributed by atoms with van der Waals surface area (Å²) in [5, 5.41) is 11.5. The number of amides is 1. The molecule has 0 saturated carbocycles. The van der Waals surface area contributed by atoms with Crippen molar-refractivity contribution in [3.63, 3.8) is 0 Å². The lowest BCUT2D eigenvalue weighted by atomic mass is 10.3. The molecule has 0 fully saturated rings. The Kier molecular flexibility index (Phi) is 5.15. The van der Waals surface area contributed by atoms with Crippen molar-refractivity contribution >= 4 is 34.0 Å². The highest BCUT2D eigenvalue weighted by atomic mass is 35.5. The molecule has 9 heteroatoms. The molecule has 1 amide bonds. The Balaban J connectivity index is 1.85. The van der Waals surface area contributed by atoms with Gasteiger partial charge in [0.05, 0.1) is 27.1 Å². The molecular formula is C17H14ClFN4O2S. The molecular weight excluding hydrogens is 379 g/mol. The number of halogens is 2. The van der Waals surface area contributed by atoms with Gasteiger partial charge < -0.3 is 5.32 Å². The van der Waals surface area contributed by atoms with E-state index < -0.39 is 22.5 Å². The Morgan fingerprint density at radius 1 is 1.23 bits per heavy atom. The summed E-state index contributed by atoms with van der Waals surface area (Å²) in [6, 6.07) is 10.9. The van der Waals surface area contributed by atoms with Crippen LogP contribution in [0.15, 0.2) is 47.4 Å². The molecule has 1 unspecified atom stereocenters. The monoisotopic (exact) mass is 392 g/mol. The van der Waals surface area contributed by atoms with E-state index in [9.17, 15) is 13.4 Å². The van der Waals surface area contributed by atoms with Gasteiger partial charge in [-0.2, -0.15) is 9.90 Å². The van der Waals surface area contributed by atoms with Crippen LogP contribution in [0.25, 0.3) is 5.69 Å². The van der Waals surface area contributed by atoms with Crippen LogP contribution in [-0.4, -0.2) is 31.4 Å². The Hall–Kier alpha value is -2.58. The average molecular weight is 393 g/mol. The first-order valence-electron chi connectivity index (χ1n) is 7.49. The van der Waals surface area contributed by atoms with E-state index in [1.54, 1.807) is 31.2 Å². The summed E-state index contributed by atoms with van der Waals surface area (Å²) in [5.74, 6) is -1.18. The number of carbonyl (C=O) groups is 1. The van der Waals surface area contributed by atoms with Crippen LogP contribution in [-0.2, 0) is 10.8 Å². The van der Waals surface area contributed by atoms with Crippen LogP contribution in [0.5, 0.6) is 0 Å². The normalized spacial score (nSPS) is 12.0. The van der Waals surface area contributed by atoms with Crippen molar-refractivity contribution in [3.05, 3.63) is 64.7 Å². The molecule has 1 aromatic heterocycles. The third kappa shape index (κ3) is 3.81. The summed E-state index contributed by atoms with van der Waals surface area (Å²) in [4.78, 5) is 13.8. The van der Waals surface area contributed by atoms with E-state index in [0.29, 0.717) is 16.4 Å². The maximum atomic E-state index is 13.9. The van der Waals surface area contributed by atoms with Gasteiger partial charge in [0.25, 0.3) is 5.91 Å². The second-order valence-electron chi connectivity index (χ2n) is 5.46. The van der Waals surface area contributed by atoms with Crippen molar-refractivity contribution in [2.24, 2.45) is 0 Å². The van der Waals surface area contributed by atoms with Crippen molar-refractivity contribution in [2.45, 2.75) is 11.8 Å². The van der Waals surface area contributed by atoms with Crippen LogP contribution >= 0.6 is 11.6 Å². The summed E-state index contributed by atoms with van der Waals surface area (Å²) >= 11 is 5.96. The summed E-state index contributed by atoms with van der Waals surface area (Å²) in [6.45, 7) is 1.65. The fourth-order valence-electron chi connectivity index (χ4n) is 2.31. The minimum absolute atomic E-state index is 0.0751. The topological polar surface area (TPSA) is 76.9 Å². The first-order valence-corrected chi connectivity index (χ1v) is 9.43. The van der Waals surface area contributed by atoms with Crippen LogP contribution < -0.4 is 5.32 Å². The maximum Gasteiger partial charge on any atom is 0.278 e. The van der Waals surface area contributed by atoms with Gasteiger partial charge in [0.2, 0.25) is 0 Å². The fraction of sp³-hybridized carbons (Fsp3) is 0.118. The van der Waals surface area contributed by atoms with Gasteiger partial charge in [-0.1, -0.05) is 17.7 Å². The molecule has 0 saturated heterocycles. The fourth-order valence-corrected chi connectivity index (χ4v) is 3.08. The van der Waals surface area contributed by atoms with Gasteiger partial charge in [-0.05, 0) is 43.3 Å². The van der Waals surface area contributed by atoms with Crippen molar-refractivity contribution in [3.8, 4) is 5.69 Å². The lowest BCUT2D eigenvalue weighted by Gasteiger charge is -2.05. The van der Waals surface area contributed by atoms with Crippen LogP contribution in [0.3, 0.4) is 0 Å². The van der Waals surface area contributed by atoms with E-state index >= 15 is 0 Å². The lowest BCUT2D eigenvalue weighted by Crippen LogP contribution is -2.14. The Labute approximate surface area is 156 Å². The van der Waals surface area contributed by atoms with E-state index in [0.717, 1.165) is 6.07 Å². The predicted octanol–water partition coefficient (Wildman–Crippen LogP) is 3.36. The SMILES string of the molecule is Cc1nn(-c2cccc(Cl)c2)nc1C(=O)Nc1ccc(S(C)=O)c(F)c1. The summed E-state index contributed by atoms with van der Waals surface area (Å²) in [6.07, 6.45) is 1.38. The number of anilines is 1. The zero-order valence-corrected chi connectivity index (χ0v) is 15.4. The number of nitrogens with zero attached hydrogens (tertiary/aromatic N) is 3. The molecule has 0 spiro atoms. The molecule has 0 aliphatic carbocycles. The number of carbonyl (C=O) groups excluding carboxylic acids is 1. The van der Waals surface area contributed by atoms with Crippen molar-refractivity contribution in [1.82, 2.24) is 15.0 Å². The van der Waals surface area contributed by atoms with E-state index in [1.807, 2.05) is 0 Å². The zero-order valence-electron chi connectivity index (χ0n) is 13.9. The molecule has 1 N–H and O–H groups in total. The van der Waals surface area contributed by atoms with Crippen LogP contribution in [0.1, 0.15) is 16.2 Å². The lowest BCUT2D eigenvalue weighted by molar-refractivity contribution is 0.102. The molecule has 0 radical (unpaired) electrons. The number of aromatic nitrogens is 3. The molecule has 1 atom stereocenters. The number of aryl methyl sites for hydroxylation is 1. The minimum atomic E-state index is -1.45. The van der Waals surface area contributed by atoms with Gasteiger partial charge in [0, 0.05) is 17.0 Å². The van der Waals surface area contributed by atoms with Crippen LogP contribution in [0.2, 0.25) is 5.02 Å². The third-order valence-electron chi connectivity index (χ3n) is 3.54. The molecule has 0 bridgehead atoms. The van der Waals surface area contributed by atoms with Gasteiger partial charge in [-0.25, -0.2) is 4.39 Å². The highest BCUT2D eigenvalue weighted by Gasteiger charge is 2.17. The summed E-state index contributed by atoms with van der Waals surface area (Å²) < 4.78 is 25.3. The first-order chi connectivity index (χ1) is 12.3. The average Bonchev–Trinajstić information content (AvgIpc) is 2.96. The van der Waals surface area contributed by atoms with Crippen molar-refractivity contribution < 1.29 is 13.4 Å². The van der Waals surface area contributed by atoms with E-state index in [1.165, 1.54) is 23.2 Å². The zero-order chi connectivity index (χ0) is 18.8. The van der Waals surface area contributed by atoms with Gasteiger partial charge >= 0.3 is 0 Å². The Morgan fingerprint density at radius 2 is 2.00 bits per heavy atom. The van der Waals surface area contributed by atoms with E-state index in [-0.39, 0.29) is 16.3 Å². The second kappa shape index (κ2) is 7.35. The molecule has 1 heterocycles. The van der Waals surface area contributed by atoms with E-state index in [4.69, 9.17) is 11.6 Å². The number of rotatable bonds is 4. The quantitative estimate of drug-likeness (QED) is 0.738. The highest BCUT2D eigenvalue weighted by molar-refractivity contribution is 7.84. The molecule has 6 nitrogen and oxygen atoms in total. The first kappa shape index (κ1) is 18.2. The van der Waals surface area contributed by atoms with Crippen LogP contribution in [0.4, 0.5) is 10.1 Å². The summed E-state index contributed by atoms with van der Waals surface area (Å²) in [5.41, 5.74) is 1.36. The third-order valence-corrected chi connectivity index (χ3v) is 4.72. The van der Waals surface area contributed by atoms with Gasteiger partial charge in [-0.3, -0.25) is 9.00 Å².